The fraction of sp³-hybridized carbons (Fsp3) is 0.0714. The molecular formula is C14H9ClF2N2O2. The van der Waals surface area contributed by atoms with Crippen molar-refractivity contribution in [2.75, 3.05) is 0 Å². The van der Waals surface area contributed by atoms with Gasteiger partial charge in [0.2, 0.25) is 5.78 Å². The van der Waals surface area contributed by atoms with Crippen LogP contribution in [0.2, 0.25) is 5.02 Å². The summed E-state index contributed by atoms with van der Waals surface area (Å²) in [6.07, 6.45) is 7.06. The van der Waals surface area contributed by atoms with Crippen LogP contribution in [-0.2, 0) is 0 Å². The van der Waals surface area contributed by atoms with Gasteiger partial charge >= 0.3 is 6.61 Å². The first-order chi connectivity index (χ1) is 10.1. The molecule has 0 bridgehead atoms. The number of nitrogens with zero attached hydrogens (tertiary/aromatic N) is 2. The van der Waals surface area contributed by atoms with Crippen molar-refractivity contribution in [3.63, 3.8) is 0 Å². The van der Waals surface area contributed by atoms with Gasteiger partial charge in [-0.3, -0.25) is 9.78 Å². The van der Waals surface area contributed by atoms with Crippen LogP contribution < -0.4 is 4.74 Å². The molecule has 0 atom stereocenters. The summed E-state index contributed by atoms with van der Waals surface area (Å²) in [5.74, 6) is -0.648. The van der Waals surface area contributed by atoms with Crippen molar-refractivity contribution in [1.82, 2.24) is 9.97 Å². The molecule has 0 aliphatic carbocycles. The molecule has 0 unspecified atom stereocenters. The van der Waals surface area contributed by atoms with Gasteiger partial charge in [0.05, 0.1) is 11.2 Å². The maximum atomic E-state index is 12.0. The Labute approximate surface area is 124 Å². The Bertz CT molecular complexity index is 663. The maximum absolute atomic E-state index is 12.0. The van der Waals surface area contributed by atoms with Gasteiger partial charge < -0.3 is 4.74 Å². The number of hydrogen-bond acceptors (Lipinski definition) is 4. The Hall–Kier alpha value is -2.34. The van der Waals surface area contributed by atoms with Gasteiger partial charge in [0, 0.05) is 18.5 Å². The summed E-state index contributed by atoms with van der Waals surface area (Å²) in [5.41, 5.74) is 0.746. The van der Waals surface area contributed by atoms with E-state index in [0.717, 1.165) is 17.8 Å². The SMILES string of the molecule is O=C(/C=C/c1ccncc1)c1ncc(OC(F)F)cc1Cl. The largest absolute Gasteiger partial charge is 0.433 e. The minimum Gasteiger partial charge on any atom is -0.433 e. The van der Waals surface area contributed by atoms with Gasteiger partial charge in [0.25, 0.3) is 0 Å². The molecule has 108 valence electrons. The van der Waals surface area contributed by atoms with Crippen molar-refractivity contribution in [2.24, 2.45) is 0 Å². The first-order valence-corrected chi connectivity index (χ1v) is 6.17. The van der Waals surface area contributed by atoms with Crippen molar-refractivity contribution in [3.05, 3.63) is 59.1 Å². The fourth-order valence-corrected chi connectivity index (χ4v) is 1.74. The van der Waals surface area contributed by atoms with E-state index in [-0.39, 0.29) is 16.5 Å². The molecule has 0 spiro atoms. The number of allylic oxidation sites excluding steroid dienone is 1. The summed E-state index contributed by atoms with van der Waals surface area (Å²) in [4.78, 5) is 19.5. The van der Waals surface area contributed by atoms with E-state index in [0.29, 0.717) is 0 Å². The van der Waals surface area contributed by atoms with Gasteiger partial charge in [-0.05, 0) is 23.8 Å². The van der Waals surface area contributed by atoms with E-state index in [1.165, 1.54) is 6.08 Å². The fourth-order valence-electron chi connectivity index (χ4n) is 1.49. The third kappa shape index (κ3) is 4.32. The average Bonchev–Trinajstić information content (AvgIpc) is 2.45. The summed E-state index contributed by atoms with van der Waals surface area (Å²) in [6, 6.07) is 4.56. The lowest BCUT2D eigenvalue weighted by Gasteiger charge is -2.05. The lowest BCUT2D eigenvalue weighted by Crippen LogP contribution is -2.05. The number of rotatable bonds is 5. The van der Waals surface area contributed by atoms with Crippen LogP contribution in [0.4, 0.5) is 8.78 Å². The highest BCUT2D eigenvalue weighted by Gasteiger charge is 2.12. The summed E-state index contributed by atoms with van der Waals surface area (Å²) >= 11 is 5.84. The molecule has 0 radical (unpaired) electrons. The molecule has 4 nitrogen and oxygen atoms in total. The minimum absolute atomic E-state index is 0.0383. The molecule has 21 heavy (non-hydrogen) atoms. The highest BCUT2D eigenvalue weighted by Crippen LogP contribution is 2.22. The van der Waals surface area contributed by atoms with Crippen molar-refractivity contribution in [2.45, 2.75) is 6.61 Å². The predicted molar refractivity (Wildman–Crippen MR) is 73.5 cm³/mol. The summed E-state index contributed by atoms with van der Waals surface area (Å²) in [6.45, 7) is -2.98. The van der Waals surface area contributed by atoms with Crippen LogP contribution in [0, 0.1) is 0 Å². The number of hydrogen-bond donors (Lipinski definition) is 0. The molecule has 0 aliphatic rings. The highest BCUT2D eigenvalue weighted by atomic mass is 35.5. The van der Waals surface area contributed by atoms with E-state index >= 15 is 0 Å². The molecule has 7 heteroatoms. The molecule has 0 N–H and O–H groups in total. The highest BCUT2D eigenvalue weighted by molar-refractivity contribution is 6.34. The monoisotopic (exact) mass is 310 g/mol. The lowest BCUT2D eigenvalue weighted by atomic mass is 10.2. The third-order valence-corrected chi connectivity index (χ3v) is 2.70. The maximum Gasteiger partial charge on any atom is 0.387 e. The number of carbonyl (C=O) groups is 1. The number of ketones is 1. The molecule has 2 heterocycles. The summed E-state index contributed by atoms with van der Waals surface area (Å²) < 4.78 is 28.2. The first kappa shape index (κ1) is 15.1. The van der Waals surface area contributed by atoms with E-state index in [2.05, 4.69) is 14.7 Å². The van der Waals surface area contributed by atoms with E-state index < -0.39 is 12.4 Å². The number of aromatic nitrogens is 2. The van der Waals surface area contributed by atoms with Gasteiger partial charge in [-0.25, -0.2) is 4.98 Å². The van der Waals surface area contributed by atoms with Gasteiger partial charge in [-0.1, -0.05) is 17.7 Å². The van der Waals surface area contributed by atoms with Gasteiger partial charge in [0.1, 0.15) is 11.4 Å². The van der Waals surface area contributed by atoms with Crippen LogP contribution in [0.25, 0.3) is 6.08 Å². The smallest absolute Gasteiger partial charge is 0.387 e. The Balaban J connectivity index is 2.14. The summed E-state index contributed by atoms with van der Waals surface area (Å²) in [7, 11) is 0. The van der Waals surface area contributed by atoms with Crippen molar-refractivity contribution in [3.8, 4) is 5.75 Å². The van der Waals surface area contributed by atoms with Crippen LogP contribution in [0.3, 0.4) is 0 Å². The molecule has 2 aromatic rings. The van der Waals surface area contributed by atoms with Crippen LogP contribution in [0.1, 0.15) is 16.1 Å². The predicted octanol–water partition coefficient (Wildman–Crippen LogP) is 3.63. The van der Waals surface area contributed by atoms with Gasteiger partial charge in [0.15, 0.2) is 0 Å². The van der Waals surface area contributed by atoms with Crippen molar-refractivity contribution >= 4 is 23.5 Å². The molecule has 0 saturated carbocycles. The van der Waals surface area contributed by atoms with Crippen molar-refractivity contribution < 1.29 is 18.3 Å². The Kier molecular flexibility index (Phi) is 4.94. The molecule has 0 fully saturated rings. The van der Waals surface area contributed by atoms with E-state index in [1.807, 2.05) is 0 Å². The number of carbonyl (C=O) groups excluding carboxylic acids is 1. The topological polar surface area (TPSA) is 52.1 Å². The van der Waals surface area contributed by atoms with Crippen LogP contribution in [-0.4, -0.2) is 22.4 Å². The Morgan fingerprint density at radius 1 is 1.33 bits per heavy atom. The second-order valence-corrected chi connectivity index (χ2v) is 4.27. The number of ether oxygens (including phenoxy) is 1. The molecule has 0 amide bonds. The van der Waals surface area contributed by atoms with Crippen LogP contribution >= 0.6 is 11.6 Å². The minimum atomic E-state index is -2.98. The molecule has 0 aromatic carbocycles. The van der Waals surface area contributed by atoms with Crippen molar-refractivity contribution in [1.29, 1.82) is 0 Å². The average molecular weight is 311 g/mol. The van der Waals surface area contributed by atoms with E-state index in [9.17, 15) is 13.6 Å². The van der Waals surface area contributed by atoms with E-state index in [4.69, 9.17) is 11.6 Å². The number of halogens is 3. The van der Waals surface area contributed by atoms with Crippen LogP contribution in [0.5, 0.6) is 5.75 Å². The number of alkyl halides is 2. The second-order valence-electron chi connectivity index (χ2n) is 3.86. The lowest BCUT2D eigenvalue weighted by molar-refractivity contribution is -0.0500. The second kappa shape index (κ2) is 6.90. The zero-order chi connectivity index (χ0) is 15.2. The van der Waals surface area contributed by atoms with Crippen LogP contribution in [0.15, 0.2) is 42.9 Å². The third-order valence-electron chi connectivity index (χ3n) is 2.41. The summed E-state index contributed by atoms with van der Waals surface area (Å²) in [5, 5.41) is -0.0578. The zero-order valence-electron chi connectivity index (χ0n) is 10.5. The first-order valence-electron chi connectivity index (χ1n) is 5.79. The quantitative estimate of drug-likeness (QED) is 0.625. The standard InChI is InChI=1S/C14H9ClF2N2O2/c15-11-7-10(21-14(16)17)8-19-13(11)12(20)2-1-9-3-5-18-6-4-9/h1-8,14H/b2-1+. The molecule has 2 rings (SSSR count). The van der Waals surface area contributed by atoms with Gasteiger partial charge in [-0.15, -0.1) is 0 Å². The Morgan fingerprint density at radius 3 is 2.67 bits per heavy atom. The number of pyridine rings is 2. The van der Waals surface area contributed by atoms with E-state index in [1.54, 1.807) is 30.6 Å². The molecule has 0 aliphatic heterocycles. The Morgan fingerprint density at radius 2 is 2.05 bits per heavy atom. The molecule has 0 saturated heterocycles. The zero-order valence-corrected chi connectivity index (χ0v) is 11.3. The van der Waals surface area contributed by atoms with Gasteiger partial charge in [-0.2, -0.15) is 8.78 Å². The molecule has 2 aromatic heterocycles. The normalized spacial score (nSPS) is 11.0. The molecular weight excluding hydrogens is 302 g/mol.